The summed E-state index contributed by atoms with van der Waals surface area (Å²) in [6, 6.07) is 14.8. The van der Waals surface area contributed by atoms with Crippen LogP contribution in [-0.4, -0.2) is 56.8 Å². The number of methoxy groups -OCH3 is 1. The van der Waals surface area contributed by atoms with E-state index < -0.39 is 10.0 Å². The van der Waals surface area contributed by atoms with Gasteiger partial charge in [-0.05, 0) is 55.9 Å². The van der Waals surface area contributed by atoms with E-state index in [1.54, 1.807) is 17.0 Å². The standard InChI is InChI=1S/C23H30N2O4S/c1-19-11-12-21(29-2)22(17-19)30(27,28)25(16-13-20-9-5-3-6-10-20)18-23(26)24-14-7-4-8-15-24/h3,5-6,9-12,17H,4,7-8,13-16,18H2,1-2H3. The largest absolute Gasteiger partial charge is 0.495 e. The Bertz CT molecular complexity index is 954. The Morgan fingerprint density at radius 3 is 2.43 bits per heavy atom. The van der Waals surface area contributed by atoms with Gasteiger partial charge < -0.3 is 9.64 Å². The van der Waals surface area contributed by atoms with Gasteiger partial charge in [-0.15, -0.1) is 0 Å². The number of hydrogen-bond acceptors (Lipinski definition) is 4. The summed E-state index contributed by atoms with van der Waals surface area (Å²) < 4.78 is 33.8. The lowest BCUT2D eigenvalue weighted by Gasteiger charge is -2.30. The van der Waals surface area contributed by atoms with Gasteiger partial charge in [0.2, 0.25) is 15.9 Å². The van der Waals surface area contributed by atoms with Crippen LogP contribution in [0.25, 0.3) is 0 Å². The van der Waals surface area contributed by atoms with Crippen LogP contribution in [0.15, 0.2) is 53.4 Å². The molecule has 0 spiro atoms. The maximum absolute atomic E-state index is 13.6. The van der Waals surface area contributed by atoms with E-state index in [1.165, 1.54) is 11.4 Å². The van der Waals surface area contributed by atoms with E-state index in [9.17, 15) is 13.2 Å². The second-order valence-corrected chi connectivity index (χ2v) is 9.58. The van der Waals surface area contributed by atoms with Gasteiger partial charge in [0.1, 0.15) is 10.6 Å². The first kappa shape index (κ1) is 22.3. The van der Waals surface area contributed by atoms with Crippen molar-refractivity contribution in [2.45, 2.75) is 37.5 Å². The maximum atomic E-state index is 13.6. The molecule has 162 valence electrons. The average molecular weight is 431 g/mol. The zero-order chi connectivity index (χ0) is 21.6. The van der Waals surface area contributed by atoms with Crippen LogP contribution < -0.4 is 4.74 Å². The number of amides is 1. The molecule has 2 aromatic carbocycles. The van der Waals surface area contributed by atoms with E-state index >= 15 is 0 Å². The molecule has 3 rings (SSSR count). The van der Waals surface area contributed by atoms with Gasteiger partial charge in [0, 0.05) is 19.6 Å². The fourth-order valence-corrected chi connectivity index (χ4v) is 5.33. The molecule has 1 aliphatic heterocycles. The number of ether oxygens (including phenoxy) is 1. The molecule has 0 saturated carbocycles. The second kappa shape index (κ2) is 10.1. The molecule has 0 N–H and O–H groups in total. The molecule has 30 heavy (non-hydrogen) atoms. The summed E-state index contributed by atoms with van der Waals surface area (Å²) in [5.41, 5.74) is 1.85. The molecule has 0 unspecified atom stereocenters. The first-order chi connectivity index (χ1) is 14.4. The Kier molecular flexibility index (Phi) is 7.50. The highest BCUT2D eigenvalue weighted by molar-refractivity contribution is 7.89. The molecule has 1 fully saturated rings. The number of likely N-dealkylation sites (tertiary alicyclic amines) is 1. The minimum atomic E-state index is -3.91. The molecular formula is C23H30N2O4S. The monoisotopic (exact) mass is 430 g/mol. The van der Waals surface area contributed by atoms with Crippen LogP contribution in [0.3, 0.4) is 0 Å². The molecule has 1 saturated heterocycles. The van der Waals surface area contributed by atoms with Gasteiger partial charge in [0.05, 0.1) is 13.7 Å². The van der Waals surface area contributed by atoms with Crippen molar-refractivity contribution in [3.05, 3.63) is 59.7 Å². The maximum Gasteiger partial charge on any atom is 0.247 e. The molecule has 6 nitrogen and oxygen atoms in total. The van der Waals surface area contributed by atoms with Gasteiger partial charge in [-0.3, -0.25) is 4.79 Å². The van der Waals surface area contributed by atoms with Crippen molar-refractivity contribution >= 4 is 15.9 Å². The third kappa shape index (κ3) is 5.40. The number of aryl methyl sites for hydroxylation is 1. The zero-order valence-electron chi connectivity index (χ0n) is 17.7. The summed E-state index contributed by atoms with van der Waals surface area (Å²) >= 11 is 0. The predicted molar refractivity (Wildman–Crippen MR) is 117 cm³/mol. The number of sulfonamides is 1. The SMILES string of the molecule is COc1ccc(C)cc1S(=O)(=O)N(CCc1ccccc1)CC(=O)N1CCCCC1. The number of rotatable bonds is 8. The fraction of sp³-hybridized carbons (Fsp3) is 0.435. The summed E-state index contributed by atoms with van der Waals surface area (Å²) in [7, 11) is -2.45. The lowest BCUT2D eigenvalue weighted by atomic mass is 10.1. The van der Waals surface area contributed by atoms with Gasteiger partial charge in [-0.25, -0.2) is 8.42 Å². The lowest BCUT2D eigenvalue weighted by molar-refractivity contribution is -0.132. The second-order valence-electron chi connectivity index (χ2n) is 7.67. The molecule has 7 heteroatoms. The van der Waals surface area contributed by atoms with Crippen molar-refractivity contribution in [3.8, 4) is 5.75 Å². The van der Waals surface area contributed by atoms with Crippen molar-refractivity contribution < 1.29 is 17.9 Å². The number of carbonyl (C=O) groups excluding carboxylic acids is 1. The highest BCUT2D eigenvalue weighted by Gasteiger charge is 2.31. The van der Waals surface area contributed by atoms with Gasteiger partial charge in [-0.1, -0.05) is 36.4 Å². The molecule has 2 aromatic rings. The van der Waals surface area contributed by atoms with Gasteiger partial charge >= 0.3 is 0 Å². The first-order valence-corrected chi connectivity index (χ1v) is 11.8. The number of piperidine rings is 1. The fourth-order valence-electron chi connectivity index (χ4n) is 3.70. The van der Waals surface area contributed by atoms with Crippen molar-refractivity contribution in [1.29, 1.82) is 0 Å². The highest BCUT2D eigenvalue weighted by Crippen LogP contribution is 2.28. The molecule has 0 atom stereocenters. The van der Waals surface area contributed by atoms with Crippen molar-refractivity contribution in [2.75, 3.05) is 33.3 Å². The number of benzene rings is 2. The van der Waals surface area contributed by atoms with Crippen LogP contribution in [0.5, 0.6) is 5.75 Å². The smallest absolute Gasteiger partial charge is 0.247 e. The normalized spacial score (nSPS) is 14.7. The van der Waals surface area contributed by atoms with Crippen LogP contribution in [0, 0.1) is 6.92 Å². The Labute approximate surface area is 179 Å². The molecule has 1 aliphatic rings. The highest BCUT2D eigenvalue weighted by atomic mass is 32.2. The first-order valence-electron chi connectivity index (χ1n) is 10.4. The molecule has 0 aromatic heterocycles. The molecular weight excluding hydrogens is 400 g/mol. The van der Waals surface area contributed by atoms with E-state index in [0.717, 1.165) is 30.4 Å². The van der Waals surface area contributed by atoms with Gasteiger partial charge in [-0.2, -0.15) is 4.31 Å². The van der Waals surface area contributed by atoms with Crippen molar-refractivity contribution in [2.24, 2.45) is 0 Å². The molecule has 0 radical (unpaired) electrons. The summed E-state index contributed by atoms with van der Waals surface area (Å²) in [6.45, 7) is 3.29. The van der Waals surface area contributed by atoms with Crippen LogP contribution in [-0.2, 0) is 21.2 Å². The van der Waals surface area contributed by atoms with E-state index in [1.807, 2.05) is 43.3 Å². The summed E-state index contributed by atoms with van der Waals surface area (Å²) in [6.07, 6.45) is 3.57. The summed E-state index contributed by atoms with van der Waals surface area (Å²) in [4.78, 5) is 14.8. The van der Waals surface area contributed by atoms with Gasteiger partial charge in [0.25, 0.3) is 0 Å². The number of hydrogen-bond donors (Lipinski definition) is 0. The Hall–Kier alpha value is -2.38. The minimum Gasteiger partial charge on any atom is -0.495 e. The van der Waals surface area contributed by atoms with Crippen LogP contribution >= 0.6 is 0 Å². The summed E-state index contributed by atoms with van der Waals surface area (Å²) in [5, 5.41) is 0. The van der Waals surface area contributed by atoms with E-state index in [2.05, 4.69) is 0 Å². The third-order valence-corrected chi connectivity index (χ3v) is 7.32. The molecule has 0 aliphatic carbocycles. The Balaban J connectivity index is 1.88. The average Bonchev–Trinajstić information content (AvgIpc) is 2.77. The quantitative estimate of drug-likeness (QED) is 0.645. The molecule has 0 bridgehead atoms. The minimum absolute atomic E-state index is 0.101. The van der Waals surface area contributed by atoms with Crippen LogP contribution in [0.1, 0.15) is 30.4 Å². The lowest BCUT2D eigenvalue weighted by Crippen LogP contribution is -2.45. The van der Waals surface area contributed by atoms with E-state index in [0.29, 0.717) is 19.5 Å². The predicted octanol–water partition coefficient (Wildman–Crippen LogP) is 3.25. The molecule has 1 amide bonds. The Morgan fingerprint density at radius 1 is 1.07 bits per heavy atom. The number of carbonyl (C=O) groups is 1. The van der Waals surface area contributed by atoms with Crippen LogP contribution in [0.4, 0.5) is 0 Å². The third-order valence-electron chi connectivity index (χ3n) is 5.45. The molecule has 1 heterocycles. The van der Waals surface area contributed by atoms with E-state index in [4.69, 9.17) is 4.74 Å². The summed E-state index contributed by atoms with van der Waals surface area (Å²) in [5.74, 6) is 0.147. The Morgan fingerprint density at radius 2 is 1.77 bits per heavy atom. The van der Waals surface area contributed by atoms with Gasteiger partial charge in [0.15, 0.2) is 0 Å². The van der Waals surface area contributed by atoms with Crippen molar-refractivity contribution in [1.82, 2.24) is 9.21 Å². The zero-order valence-corrected chi connectivity index (χ0v) is 18.5. The van der Waals surface area contributed by atoms with Crippen LogP contribution in [0.2, 0.25) is 0 Å². The number of nitrogens with zero attached hydrogens (tertiary/aromatic N) is 2. The topological polar surface area (TPSA) is 66.9 Å². The van der Waals surface area contributed by atoms with E-state index in [-0.39, 0.29) is 29.6 Å². The van der Waals surface area contributed by atoms with Crippen molar-refractivity contribution in [3.63, 3.8) is 0 Å².